The summed E-state index contributed by atoms with van der Waals surface area (Å²) in [5.41, 5.74) is 2.74. The van der Waals surface area contributed by atoms with Crippen molar-refractivity contribution in [2.45, 2.75) is 25.0 Å². The van der Waals surface area contributed by atoms with E-state index in [9.17, 15) is 0 Å². The zero-order valence-electron chi connectivity index (χ0n) is 9.56. The largest absolute Gasteiger partial charge is 0.486 e. The lowest BCUT2D eigenvalue weighted by Crippen LogP contribution is -2.50. The number of hydrazine groups is 1. The molecule has 2 unspecified atom stereocenters. The van der Waals surface area contributed by atoms with Crippen LogP contribution >= 0.6 is 0 Å². The van der Waals surface area contributed by atoms with Gasteiger partial charge >= 0.3 is 0 Å². The normalized spacial score (nSPS) is 19.4. The van der Waals surface area contributed by atoms with E-state index in [4.69, 9.17) is 21.7 Å². The molecule has 90 valence electrons. The third-order valence-corrected chi connectivity index (χ3v) is 2.79. The van der Waals surface area contributed by atoms with E-state index in [1.54, 1.807) is 0 Å². The summed E-state index contributed by atoms with van der Waals surface area (Å²) < 4.78 is 11.5. The van der Waals surface area contributed by atoms with Crippen LogP contribution in [0.3, 0.4) is 0 Å². The lowest BCUT2D eigenvalue weighted by Gasteiger charge is -2.31. The first-order valence-electron chi connectivity index (χ1n) is 5.63. The summed E-state index contributed by atoms with van der Waals surface area (Å²) in [6.45, 7) is 0.483. The van der Waals surface area contributed by atoms with Gasteiger partial charge in [0, 0.05) is 6.42 Å². The van der Waals surface area contributed by atoms with Gasteiger partial charge in [-0.25, -0.2) is 0 Å². The van der Waals surface area contributed by atoms with Gasteiger partial charge in [-0.2, -0.15) is 0 Å². The van der Waals surface area contributed by atoms with Gasteiger partial charge in [-0.05, 0) is 18.6 Å². The second-order valence-corrected chi connectivity index (χ2v) is 3.93. The van der Waals surface area contributed by atoms with Gasteiger partial charge < -0.3 is 9.47 Å². The van der Waals surface area contributed by atoms with Crippen molar-refractivity contribution in [1.29, 1.82) is 0 Å². The minimum absolute atomic E-state index is 0.000550. The van der Waals surface area contributed by atoms with E-state index in [0.29, 0.717) is 13.0 Å². The standard InChI is InChI=1S/C13H16N2O2/c1-2-3-6-10(15-14)13-9-16-11-7-4-5-8-12(11)17-13/h1,4-5,7-8,10,13,15H,3,6,9,14H2. The van der Waals surface area contributed by atoms with Crippen LogP contribution in [0.2, 0.25) is 0 Å². The third kappa shape index (κ3) is 2.70. The topological polar surface area (TPSA) is 56.5 Å². The Labute approximate surface area is 101 Å². The molecule has 1 aliphatic rings. The minimum atomic E-state index is -0.108. The number of benzene rings is 1. The van der Waals surface area contributed by atoms with E-state index in [1.807, 2.05) is 24.3 Å². The van der Waals surface area contributed by atoms with Crippen LogP contribution in [-0.2, 0) is 0 Å². The molecule has 3 N–H and O–H groups in total. The van der Waals surface area contributed by atoms with E-state index >= 15 is 0 Å². The van der Waals surface area contributed by atoms with Crippen LogP contribution in [0.5, 0.6) is 11.5 Å². The molecule has 17 heavy (non-hydrogen) atoms. The van der Waals surface area contributed by atoms with Crippen molar-refractivity contribution in [1.82, 2.24) is 5.43 Å². The summed E-state index contributed by atoms with van der Waals surface area (Å²) in [6.07, 6.45) is 6.57. The molecule has 0 saturated carbocycles. The molecule has 0 fully saturated rings. The summed E-state index contributed by atoms with van der Waals surface area (Å²) in [7, 11) is 0. The van der Waals surface area contributed by atoms with Gasteiger partial charge in [0.15, 0.2) is 11.5 Å². The minimum Gasteiger partial charge on any atom is -0.486 e. The van der Waals surface area contributed by atoms with Crippen LogP contribution < -0.4 is 20.7 Å². The van der Waals surface area contributed by atoms with Gasteiger partial charge in [0.2, 0.25) is 0 Å². The molecule has 0 amide bonds. The van der Waals surface area contributed by atoms with Crippen LogP contribution in [0.4, 0.5) is 0 Å². The zero-order chi connectivity index (χ0) is 12.1. The highest BCUT2D eigenvalue weighted by atomic mass is 16.6. The third-order valence-electron chi connectivity index (χ3n) is 2.79. The maximum absolute atomic E-state index is 5.85. The molecule has 2 atom stereocenters. The van der Waals surface area contributed by atoms with Crippen LogP contribution in [0.15, 0.2) is 24.3 Å². The number of terminal acetylenes is 1. The molecular weight excluding hydrogens is 216 g/mol. The van der Waals surface area contributed by atoms with Crippen molar-refractivity contribution < 1.29 is 9.47 Å². The Morgan fingerprint density at radius 1 is 1.47 bits per heavy atom. The number of nitrogens with two attached hydrogens (primary N) is 1. The SMILES string of the molecule is C#CCCC(NN)C1COc2ccccc2O1. The molecular formula is C13H16N2O2. The van der Waals surface area contributed by atoms with Crippen LogP contribution in [-0.4, -0.2) is 18.8 Å². The van der Waals surface area contributed by atoms with E-state index < -0.39 is 0 Å². The number of fused-ring (bicyclic) bond motifs is 1. The van der Waals surface area contributed by atoms with E-state index in [1.165, 1.54) is 0 Å². The molecule has 4 nitrogen and oxygen atoms in total. The molecule has 0 aromatic heterocycles. The fourth-order valence-electron chi connectivity index (χ4n) is 1.85. The van der Waals surface area contributed by atoms with Gasteiger partial charge in [0.1, 0.15) is 12.7 Å². The summed E-state index contributed by atoms with van der Waals surface area (Å²) >= 11 is 0. The number of ether oxygens (including phenoxy) is 2. The molecule has 1 aromatic rings. The Hall–Kier alpha value is -1.70. The average Bonchev–Trinajstić information content (AvgIpc) is 2.39. The van der Waals surface area contributed by atoms with E-state index in [-0.39, 0.29) is 12.1 Å². The molecule has 2 rings (SSSR count). The summed E-state index contributed by atoms with van der Waals surface area (Å²) in [6, 6.07) is 7.60. The second kappa shape index (κ2) is 5.58. The predicted octanol–water partition coefficient (Wildman–Crippen LogP) is 1.07. The number of nitrogens with one attached hydrogen (secondary N) is 1. The molecule has 0 aliphatic carbocycles. The lowest BCUT2D eigenvalue weighted by atomic mass is 10.1. The fourth-order valence-corrected chi connectivity index (χ4v) is 1.85. The molecule has 0 spiro atoms. The highest BCUT2D eigenvalue weighted by Crippen LogP contribution is 2.31. The van der Waals surface area contributed by atoms with Crippen molar-refractivity contribution in [3.63, 3.8) is 0 Å². The van der Waals surface area contributed by atoms with Gasteiger partial charge in [-0.3, -0.25) is 11.3 Å². The molecule has 0 saturated heterocycles. The highest BCUT2D eigenvalue weighted by Gasteiger charge is 2.27. The second-order valence-electron chi connectivity index (χ2n) is 3.93. The molecule has 0 bridgehead atoms. The molecule has 4 heteroatoms. The molecule has 1 heterocycles. The number of hydrogen-bond acceptors (Lipinski definition) is 4. The Balaban J connectivity index is 2.03. The highest BCUT2D eigenvalue weighted by molar-refractivity contribution is 5.40. The average molecular weight is 232 g/mol. The van der Waals surface area contributed by atoms with E-state index in [0.717, 1.165) is 17.9 Å². The van der Waals surface area contributed by atoms with Gasteiger partial charge in [0.25, 0.3) is 0 Å². The Morgan fingerprint density at radius 3 is 2.94 bits per heavy atom. The maximum Gasteiger partial charge on any atom is 0.161 e. The van der Waals surface area contributed by atoms with Crippen molar-refractivity contribution in [3.8, 4) is 23.8 Å². The first-order chi connectivity index (χ1) is 8.35. The lowest BCUT2D eigenvalue weighted by molar-refractivity contribution is 0.0599. The van der Waals surface area contributed by atoms with Crippen LogP contribution in [0.25, 0.3) is 0 Å². The first kappa shape index (κ1) is 11.8. The summed E-state index contributed by atoms with van der Waals surface area (Å²) in [5.74, 6) is 9.64. The Kier molecular flexibility index (Phi) is 3.86. The number of rotatable bonds is 4. The van der Waals surface area contributed by atoms with Gasteiger partial charge in [-0.15, -0.1) is 12.3 Å². The Bertz CT molecular complexity index is 414. The Morgan fingerprint density at radius 2 is 2.24 bits per heavy atom. The van der Waals surface area contributed by atoms with Crippen LogP contribution in [0.1, 0.15) is 12.8 Å². The summed E-state index contributed by atoms with van der Waals surface area (Å²) in [5, 5.41) is 0. The van der Waals surface area contributed by atoms with Crippen molar-refractivity contribution in [3.05, 3.63) is 24.3 Å². The van der Waals surface area contributed by atoms with Crippen LogP contribution in [0, 0.1) is 12.3 Å². The summed E-state index contributed by atoms with van der Waals surface area (Å²) in [4.78, 5) is 0. The smallest absolute Gasteiger partial charge is 0.161 e. The van der Waals surface area contributed by atoms with Crippen molar-refractivity contribution in [2.24, 2.45) is 5.84 Å². The monoisotopic (exact) mass is 232 g/mol. The first-order valence-corrected chi connectivity index (χ1v) is 5.63. The molecule has 1 aliphatic heterocycles. The van der Waals surface area contributed by atoms with Gasteiger partial charge in [-0.1, -0.05) is 12.1 Å². The van der Waals surface area contributed by atoms with E-state index in [2.05, 4.69) is 11.3 Å². The zero-order valence-corrected chi connectivity index (χ0v) is 9.56. The molecule has 1 aromatic carbocycles. The van der Waals surface area contributed by atoms with Gasteiger partial charge in [0.05, 0.1) is 6.04 Å². The number of para-hydroxylation sites is 2. The predicted molar refractivity (Wildman–Crippen MR) is 65.5 cm³/mol. The van der Waals surface area contributed by atoms with Crippen molar-refractivity contribution in [2.75, 3.05) is 6.61 Å². The maximum atomic E-state index is 5.85. The number of hydrogen-bond donors (Lipinski definition) is 2. The molecule has 0 radical (unpaired) electrons. The fraction of sp³-hybridized carbons (Fsp3) is 0.385. The van der Waals surface area contributed by atoms with Crippen molar-refractivity contribution >= 4 is 0 Å². The quantitative estimate of drug-likeness (QED) is 0.463.